The number of hydrogen-bond acceptors (Lipinski definition) is 2. The van der Waals surface area contributed by atoms with Gasteiger partial charge in [0.05, 0.1) is 0 Å². The molecule has 0 fully saturated rings. The van der Waals surface area contributed by atoms with Crippen LogP contribution in [-0.4, -0.2) is 27.9 Å². The smallest absolute Gasteiger partial charge is 0.189 e. The largest absolute Gasteiger partial charge is 0.323 e. The third kappa shape index (κ3) is 4.98. The average Bonchev–Trinajstić information content (AvgIpc) is 2.47. The molecule has 0 aliphatic heterocycles. The standard InChI is InChI=1S/C22H48N2Si2/c1-15(2)25(16(3)4,17(5)6)23-21(13)22(14)24-26(18(7)8,19(9)10)20(11)12/h15-20H,1-14H3. The first-order valence-corrected chi connectivity index (χ1v) is 15.2. The van der Waals surface area contributed by atoms with E-state index in [1.807, 2.05) is 0 Å². The van der Waals surface area contributed by atoms with E-state index in [9.17, 15) is 0 Å². The van der Waals surface area contributed by atoms with Crippen molar-refractivity contribution in [2.75, 3.05) is 0 Å². The lowest BCUT2D eigenvalue weighted by atomic mass is 10.3. The Labute approximate surface area is 167 Å². The Bertz CT molecular complexity index is 411. The monoisotopic (exact) mass is 396 g/mol. The summed E-state index contributed by atoms with van der Waals surface area (Å²) >= 11 is 0. The van der Waals surface area contributed by atoms with Gasteiger partial charge in [-0.25, -0.2) is 0 Å². The first-order chi connectivity index (χ1) is 11.7. The molecule has 154 valence electrons. The molecule has 0 saturated heterocycles. The van der Waals surface area contributed by atoms with Crippen molar-refractivity contribution < 1.29 is 0 Å². The van der Waals surface area contributed by atoms with Crippen molar-refractivity contribution in [3.05, 3.63) is 0 Å². The normalized spacial score (nSPS) is 15.5. The van der Waals surface area contributed by atoms with Gasteiger partial charge in [0, 0.05) is 11.4 Å². The second kappa shape index (κ2) is 9.81. The van der Waals surface area contributed by atoms with Crippen LogP contribution < -0.4 is 0 Å². The molecule has 0 N–H and O–H groups in total. The lowest BCUT2D eigenvalue weighted by Crippen LogP contribution is -2.45. The van der Waals surface area contributed by atoms with E-state index >= 15 is 0 Å². The summed E-state index contributed by atoms with van der Waals surface area (Å²) in [6, 6.07) is 0. The van der Waals surface area contributed by atoms with Crippen LogP contribution in [0.5, 0.6) is 0 Å². The van der Waals surface area contributed by atoms with E-state index in [0.717, 1.165) is 0 Å². The fourth-order valence-electron chi connectivity index (χ4n) is 5.52. The Morgan fingerprint density at radius 2 is 0.577 bits per heavy atom. The first-order valence-electron chi connectivity index (χ1n) is 10.8. The Morgan fingerprint density at radius 3 is 0.692 bits per heavy atom. The van der Waals surface area contributed by atoms with E-state index in [0.29, 0.717) is 33.2 Å². The summed E-state index contributed by atoms with van der Waals surface area (Å²) in [5.41, 5.74) is 6.28. The predicted molar refractivity (Wildman–Crippen MR) is 128 cm³/mol. The molecule has 0 aliphatic carbocycles. The van der Waals surface area contributed by atoms with Crippen molar-refractivity contribution in [3.8, 4) is 0 Å². The molecule has 0 aliphatic rings. The molecule has 0 aromatic heterocycles. The SMILES string of the molecule is CC(=N[Si](C(C)C)(C(C)C)C(C)C)C(C)=N[Si](C(C)C)(C(C)C)C(C)C. The summed E-state index contributed by atoms with van der Waals surface area (Å²) < 4.78 is 11.0. The van der Waals surface area contributed by atoms with Crippen LogP contribution in [0.25, 0.3) is 0 Å². The molecule has 0 radical (unpaired) electrons. The Morgan fingerprint density at radius 1 is 0.423 bits per heavy atom. The zero-order chi connectivity index (χ0) is 21.0. The Hall–Kier alpha value is -0.226. The molecule has 0 saturated carbocycles. The zero-order valence-corrected chi connectivity index (χ0v) is 22.4. The molecular formula is C22H48N2Si2. The Balaban J connectivity index is 6.37. The summed E-state index contributed by atoms with van der Waals surface area (Å²) in [5, 5.41) is 0. The molecule has 0 heterocycles. The van der Waals surface area contributed by atoms with Gasteiger partial charge in [0.25, 0.3) is 0 Å². The molecule has 0 aromatic rings. The highest BCUT2D eigenvalue weighted by molar-refractivity contribution is 6.85. The predicted octanol–water partition coefficient (Wildman–Crippen LogP) is 8.26. The van der Waals surface area contributed by atoms with Crippen LogP contribution in [0.2, 0.25) is 33.2 Å². The van der Waals surface area contributed by atoms with Gasteiger partial charge in [0.15, 0.2) is 16.5 Å². The number of hydrogen-bond donors (Lipinski definition) is 0. The van der Waals surface area contributed by atoms with Gasteiger partial charge >= 0.3 is 0 Å². The molecule has 4 heteroatoms. The summed E-state index contributed by atoms with van der Waals surface area (Å²) in [7, 11) is -3.58. The highest BCUT2D eigenvalue weighted by Gasteiger charge is 2.45. The average molecular weight is 397 g/mol. The van der Waals surface area contributed by atoms with Crippen LogP contribution in [0.3, 0.4) is 0 Å². The van der Waals surface area contributed by atoms with Crippen LogP contribution in [-0.2, 0) is 0 Å². The van der Waals surface area contributed by atoms with E-state index in [2.05, 4.69) is 96.9 Å². The molecule has 0 rings (SSSR count). The minimum atomic E-state index is -1.79. The van der Waals surface area contributed by atoms with Gasteiger partial charge in [-0.2, -0.15) is 0 Å². The van der Waals surface area contributed by atoms with Gasteiger partial charge in [0.1, 0.15) is 0 Å². The number of rotatable bonds is 9. The van der Waals surface area contributed by atoms with Crippen LogP contribution in [0, 0.1) is 0 Å². The molecular weight excluding hydrogens is 348 g/mol. The van der Waals surface area contributed by atoms with E-state index in [4.69, 9.17) is 9.32 Å². The van der Waals surface area contributed by atoms with Gasteiger partial charge < -0.3 is 9.32 Å². The van der Waals surface area contributed by atoms with Gasteiger partial charge in [0.2, 0.25) is 0 Å². The lowest BCUT2D eigenvalue weighted by Gasteiger charge is -2.41. The molecule has 0 unspecified atom stereocenters. The summed E-state index contributed by atoms with van der Waals surface area (Å²) in [5.74, 6) is 0. The fraction of sp³-hybridized carbons (Fsp3) is 0.909. The van der Waals surface area contributed by atoms with Crippen LogP contribution in [0.4, 0.5) is 0 Å². The minimum absolute atomic E-state index is 0.646. The van der Waals surface area contributed by atoms with Gasteiger partial charge in [-0.3, -0.25) is 0 Å². The van der Waals surface area contributed by atoms with Crippen LogP contribution in [0.15, 0.2) is 9.32 Å². The highest BCUT2D eigenvalue weighted by Crippen LogP contribution is 2.44. The summed E-state index contributed by atoms with van der Waals surface area (Å²) in [4.78, 5) is 0. The van der Waals surface area contributed by atoms with Crippen molar-refractivity contribution in [1.29, 1.82) is 0 Å². The quantitative estimate of drug-likeness (QED) is 0.277. The fourth-order valence-corrected chi connectivity index (χ4v) is 16.6. The van der Waals surface area contributed by atoms with E-state index in [1.54, 1.807) is 0 Å². The second-order valence-electron chi connectivity index (χ2n) is 10.1. The molecule has 0 aromatic carbocycles. The third-order valence-corrected chi connectivity index (χ3v) is 19.3. The maximum Gasteiger partial charge on any atom is 0.189 e. The molecule has 0 atom stereocenters. The maximum atomic E-state index is 5.52. The molecule has 0 spiro atoms. The molecule has 26 heavy (non-hydrogen) atoms. The van der Waals surface area contributed by atoms with Crippen molar-refractivity contribution in [2.24, 2.45) is 9.32 Å². The van der Waals surface area contributed by atoms with Crippen molar-refractivity contribution in [2.45, 2.75) is 130 Å². The van der Waals surface area contributed by atoms with E-state index in [-0.39, 0.29) is 0 Å². The molecule has 0 bridgehead atoms. The van der Waals surface area contributed by atoms with Gasteiger partial charge in [-0.1, -0.05) is 83.1 Å². The summed E-state index contributed by atoms with van der Waals surface area (Å²) in [6.07, 6.45) is 0. The minimum Gasteiger partial charge on any atom is -0.323 e. The molecule has 0 amide bonds. The maximum absolute atomic E-state index is 5.52. The van der Waals surface area contributed by atoms with Crippen LogP contribution >= 0.6 is 0 Å². The topological polar surface area (TPSA) is 24.7 Å². The highest BCUT2D eigenvalue weighted by atomic mass is 28.3. The van der Waals surface area contributed by atoms with Gasteiger partial charge in [-0.05, 0) is 47.1 Å². The van der Waals surface area contributed by atoms with Crippen molar-refractivity contribution in [1.82, 2.24) is 0 Å². The van der Waals surface area contributed by atoms with Crippen molar-refractivity contribution in [3.63, 3.8) is 0 Å². The van der Waals surface area contributed by atoms with Gasteiger partial charge in [-0.15, -0.1) is 0 Å². The summed E-state index contributed by atoms with van der Waals surface area (Å²) in [6.45, 7) is 33.0. The number of nitrogens with zero attached hydrogens (tertiary/aromatic N) is 2. The first kappa shape index (κ1) is 25.8. The zero-order valence-electron chi connectivity index (χ0n) is 20.4. The third-order valence-electron chi connectivity index (χ3n) is 6.80. The van der Waals surface area contributed by atoms with Crippen LogP contribution in [0.1, 0.15) is 96.9 Å². The van der Waals surface area contributed by atoms with E-state index < -0.39 is 16.5 Å². The lowest BCUT2D eigenvalue weighted by molar-refractivity contribution is 0.808. The Kier molecular flexibility index (Phi) is 9.73. The second-order valence-corrected chi connectivity index (χ2v) is 21.0. The molecule has 2 nitrogen and oxygen atoms in total. The van der Waals surface area contributed by atoms with Crippen molar-refractivity contribution >= 4 is 27.9 Å². The van der Waals surface area contributed by atoms with E-state index in [1.165, 1.54) is 11.4 Å².